The summed E-state index contributed by atoms with van der Waals surface area (Å²) < 4.78 is 5.65. The predicted molar refractivity (Wildman–Crippen MR) is 58.9 cm³/mol. The van der Waals surface area contributed by atoms with Crippen LogP contribution in [-0.4, -0.2) is 12.6 Å². The summed E-state index contributed by atoms with van der Waals surface area (Å²) in [5.41, 5.74) is 0.606. The second-order valence-corrected chi connectivity index (χ2v) is 6.06. The van der Waals surface area contributed by atoms with Crippen LogP contribution in [0, 0.1) is 10.8 Å². The van der Waals surface area contributed by atoms with E-state index in [0.29, 0.717) is 0 Å². The fraction of sp³-hybridized carbons (Fsp3) is 0.833. The molecule has 0 aliphatic carbocycles. The van der Waals surface area contributed by atoms with Crippen LogP contribution in [0.3, 0.4) is 0 Å². The molecule has 1 aliphatic rings. The largest absolute Gasteiger partial charge is 0.313 e. The van der Waals surface area contributed by atoms with Gasteiger partial charge in [-0.1, -0.05) is 48.1 Å². The minimum absolute atomic E-state index is 0.0824. The average molecular weight is 214 g/mol. The first-order chi connectivity index (χ1) is 6.61. The minimum Gasteiger partial charge on any atom is -0.313 e. The van der Waals surface area contributed by atoms with Crippen molar-refractivity contribution in [1.82, 2.24) is 0 Å². The van der Waals surface area contributed by atoms with Crippen molar-refractivity contribution in [2.45, 2.75) is 47.3 Å². The molecule has 88 valence electrons. The standard InChI is InChI=1S/C12H22O3/c1-9(10(2,3)4)12(11(5,6)7)13-8-14-15-12/h1,8H2,2-7H3. The molecule has 0 spiro atoms. The van der Waals surface area contributed by atoms with Gasteiger partial charge in [0, 0.05) is 5.41 Å². The molecule has 1 saturated heterocycles. The van der Waals surface area contributed by atoms with Gasteiger partial charge in [-0.05, 0) is 11.0 Å². The van der Waals surface area contributed by atoms with Crippen molar-refractivity contribution in [1.29, 1.82) is 0 Å². The summed E-state index contributed by atoms with van der Waals surface area (Å²) in [5.74, 6) is -0.842. The number of ether oxygens (including phenoxy) is 1. The maximum Gasteiger partial charge on any atom is 0.231 e. The minimum atomic E-state index is -0.842. The Kier molecular flexibility index (Phi) is 3.03. The lowest BCUT2D eigenvalue weighted by Crippen LogP contribution is -2.48. The third-order valence-electron chi connectivity index (χ3n) is 2.78. The molecule has 0 aromatic carbocycles. The van der Waals surface area contributed by atoms with Gasteiger partial charge in [-0.3, -0.25) is 0 Å². The molecule has 1 atom stereocenters. The second kappa shape index (κ2) is 3.58. The molecule has 3 nitrogen and oxygen atoms in total. The molecule has 3 heteroatoms. The zero-order chi connectivity index (χ0) is 11.9. The fourth-order valence-corrected chi connectivity index (χ4v) is 1.66. The Hall–Kier alpha value is -0.380. The van der Waals surface area contributed by atoms with Crippen LogP contribution < -0.4 is 0 Å². The van der Waals surface area contributed by atoms with Crippen LogP contribution in [0.15, 0.2) is 12.2 Å². The zero-order valence-electron chi connectivity index (χ0n) is 10.6. The summed E-state index contributed by atoms with van der Waals surface area (Å²) >= 11 is 0. The summed E-state index contributed by atoms with van der Waals surface area (Å²) in [6, 6.07) is 0. The van der Waals surface area contributed by atoms with Gasteiger partial charge >= 0.3 is 0 Å². The topological polar surface area (TPSA) is 27.7 Å². The van der Waals surface area contributed by atoms with E-state index in [1.54, 1.807) is 0 Å². The van der Waals surface area contributed by atoms with E-state index in [1.807, 2.05) is 0 Å². The molecule has 0 saturated carbocycles. The van der Waals surface area contributed by atoms with Crippen molar-refractivity contribution in [2.24, 2.45) is 10.8 Å². The van der Waals surface area contributed by atoms with Gasteiger partial charge in [0.15, 0.2) is 6.79 Å². The highest BCUT2D eigenvalue weighted by Gasteiger charge is 2.54. The predicted octanol–water partition coefficient (Wildman–Crippen LogP) is 3.27. The van der Waals surface area contributed by atoms with Crippen molar-refractivity contribution < 1.29 is 14.5 Å². The monoisotopic (exact) mass is 214 g/mol. The highest BCUT2D eigenvalue weighted by Crippen LogP contribution is 2.48. The van der Waals surface area contributed by atoms with Gasteiger partial charge in [0.05, 0.1) is 0 Å². The molecule has 1 heterocycles. The van der Waals surface area contributed by atoms with Crippen molar-refractivity contribution >= 4 is 0 Å². The highest BCUT2D eigenvalue weighted by atomic mass is 17.3. The lowest BCUT2D eigenvalue weighted by Gasteiger charge is -2.43. The van der Waals surface area contributed by atoms with E-state index < -0.39 is 5.79 Å². The summed E-state index contributed by atoms with van der Waals surface area (Å²) in [6.07, 6.45) is 0. The highest BCUT2D eigenvalue weighted by molar-refractivity contribution is 5.20. The Bertz CT molecular complexity index is 249. The fourth-order valence-electron chi connectivity index (χ4n) is 1.66. The van der Waals surface area contributed by atoms with Crippen LogP contribution in [0.2, 0.25) is 0 Å². The summed E-state index contributed by atoms with van der Waals surface area (Å²) in [5, 5.41) is 0. The van der Waals surface area contributed by atoms with Gasteiger partial charge in [0.2, 0.25) is 5.79 Å². The summed E-state index contributed by atoms with van der Waals surface area (Å²) in [7, 11) is 0. The first-order valence-corrected chi connectivity index (χ1v) is 5.26. The Morgan fingerprint density at radius 2 is 1.67 bits per heavy atom. The second-order valence-electron chi connectivity index (χ2n) is 6.06. The molecule has 1 rings (SSSR count). The quantitative estimate of drug-likeness (QED) is 0.495. The molecule has 0 radical (unpaired) electrons. The van der Waals surface area contributed by atoms with E-state index in [0.717, 1.165) is 5.57 Å². The number of hydrogen-bond donors (Lipinski definition) is 0. The summed E-state index contributed by atoms with van der Waals surface area (Å²) in [6.45, 7) is 16.7. The molecule has 15 heavy (non-hydrogen) atoms. The average Bonchev–Trinajstić information content (AvgIpc) is 2.48. The molecule has 0 N–H and O–H groups in total. The van der Waals surface area contributed by atoms with Crippen LogP contribution in [-0.2, 0) is 14.5 Å². The first-order valence-electron chi connectivity index (χ1n) is 5.26. The number of rotatable bonds is 1. The smallest absolute Gasteiger partial charge is 0.231 e. The molecule has 0 aromatic heterocycles. The van der Waals surface area contributed by atoms with Crippen LogP contribution in [0.1, 0.15) is 41.5 Å². The lowest BCUT2D eigenvalue weighted by atomic mass is 9.72. The van der Waals surface area contributed by atoms with Crippen LogP contribution in [0.4, 0.5) is 0 Å². The molecule has 0 amide bonds. The zero-order valence-corrected chi connectivity index (χ0v) is 10.6. The third-order valence-corrected chi connectivity index (χ3v) is 2.78. The molecular weight excluding hydrogens is 192 g/mol. The van der Waals surface area contributed by atoms with E-state index in [1.165, 1.54) is 0 Å². The third kappa shape index (κ3) is 2.10. The molecule has 1 fully saturated rings. The van der Waals surface area contributed by atoms with E-state index >= 15 is 0 Å². The van der Waals surface area contributed by atoms with Gasteiger partial charge in [0.1, 0.15) is 0 Å². The van der Waals surface area contributed by atoms with Crippen LogP contribution >= 0.6 is 0 Å². The molecular formula is C12H22O3. The Morgan fingerprint density at radius 3 is 1.93 bits per heavy atom. The molecule has 0 bridgehead atoms. The van der Waals surface area contributed by atoms with Crippen LogP contribution in [0.25, 0.3) is 0 Å². The maximum absolute atomic E-state index is 5.65. The molecule has 1 aliphatic heterocycles. The van der Waals surface area contributed by atoms with Gasteiger partial charge in [-0.15, -0.1) is 0 Å². The van der Waals surface area contributed by atoms with Gasteiger partial charge in [0.25, 0.3) is 0 Å². The first kappa shape index (κ1) is 12.7. The normalized spacial score (nSPS) is 28.1. The van der Waals surface area contributed by atoms with Crippen molar-refractivity contribution in [3.8, 4) is 0 Å². The van der Waals surface area contributed by atoms with E-state index in [4.69, 9.17) is 14.5 Å². The summed E-state index contributed by atoms with van der Waals surface area (Å²) in [4.78, 5) is 10.3. The molecule has 0 aromatic rings. The van der Waals surface area contributed by atoms with Crippen molar-refractivity contribution in [2.75, 3.05) is 6.79 Å². The Labute approximate surface area is 92.3 Å². The van der Waals surface area contributed by atoms with Crippen LogP contribution in [0.5, 0.6) is 0 Å². The number of hydrogen-bond acceptors (Lipinski definition) is 3. The van der Waals surface area contributed by atoms with Crippen molar-refractivity contribution in [3.63, 3.8) is 0 Å². The van der Waals surface area contributed by atoms with Gasteiger partial charge in [-0.25, -0.2) is 4.89 Å². The van der Waals surface area contributed by atoms with E-state index in [2.05, 4.69) is 48.1 Å². The van der Waals surface area contributed by atoms with Crippen molar-refractivity contribution in [3.05, 3.63) is 12.2 Å². The molecule has 1 unspecified atom stereocenters. The van der Waals surface area contributed by atoms with Gasteiger partial charge in [-0.2, -0.15) is 4.89 Å². The Balaban J connectivity index is 3.09. The Morgan fingerprint density at radius 1 is 1.13 bits per heavy atom. The van der Waals surface area contributed by atoms with E-state index in [9.17, 15) is 0 Å². The van der Waals surface area contributed by atoms with E-state index in [-0.39, 0.29) is 17.6 Å². The maximum atomic E-state index is 5.65. The lowest BCUT2D eigenvalue weighted by molar-refractivity contribution is -0.337. The van der Waals surface area contributed by atoms with Gasteiger partial charge < -0.3 is 4.74 Å². The SMILES string of the molecule is C=C(C(C)(C)C)C1(C(C)(C)C)OCOO1.